The number of rotatable bonds is 2. The van der Waals surface area contributed by atoms with Gasteiger partial charge in [-0.2, -0.15) is 0 Å². The van der Waals surface area contributed by atoms with Gasteiger partial charge in [-0.15, -0.1) is 0 Å². The summed E-state index contributed by atoms with van der Waals surface area (Å²) in [6.45, 7) is 3.92. The molecule has 13 heavy (non-hydrogen) atoms. The Kier molecular flexibility index (Phi) is 2.63. The zero-order valence-corrected chi connectivity index (χ0v) is 8.04. The van der Waals surface area contributed by atoms with Crippen molar-refractivity contribution in [1.82, 2.24) is 0 Å². The van der Waals surface area contributed by atoms with Gasteiger partial charge in [-0.1, -0.05) is 0 Å². The smallest absolute Gasteiger partial charge is 0.312 e. The fraction of sp³-hybridized carbons (Fsp3) is 0.889. The summed E-state index contributed by atoms with van der Waals surface area (Å²) in [6, 6.07) is 0. The molecule has 76 valence electrons. The lowest BCUT2D eigenvalue weighted by Crippen LogP contribution is -2.52. The minimum atomic E-state index is -1.19. The van der Waals surface area contributed by atoms with E-state index in [0.29, 0.717) is 26.1 Å². The Morgan fingerprint density at radius 2 is 1.85 bits per heavy atom. The van der Waals surface area contributed by atoms with Crippen molar-refractivity contribution < 1.29 is 19.7 Å². The molecule has 0 radical (unpaired) electrons. The topological polar surface area (TPSA) is 66.8 Å². The monoisotopic (exact) mass is 188 g/mol. The van der Waals surface area contributed by atoms with Gasteiger partial charge in [-0.25, -0.2) is 0 Å². The summed E-state index contributed by atoms with van der Waals surface area (Å²) in [4.78, 5) is 11.1. The van der Waals surface area contributed by atoms with E-state index in [1.54, 1.807) is 13.8 Å². The number of hydrogen-bond donors (Lipinski definition) is 2. The summed E-state index contributed by atoms with van der Waals surface area (Å²) in [6.07, 6.45) is 0.762. The van der Waals surface area contributed by atoms with E-state index in [4.69, 9.17) is 9.84 Å². The maximum absolute atomic E-state index is 11.1. The van der Waals surface area contributed by atoms with Crippen LogP contribution in [0.5, 0.6) is 0 Å². The van der Waals surface area contributed by atoms with Gasteiger partial charge in [0.1, 0.15) is 5.41 Å². The van der Waals surface area contributed by atoms with Crippen molar-refractivity contribution in [3.63, 3.8) is 0 Å². The van der Waals surface area contributed by atoms with Crippen molar-refractivity contribution in [3.05, 3.63) is 0 Å². The number of hydrogen-bond acceptors (Lipinski definition) is 3. The summed E-state index contributed by atoms with van der Waals surface area (Å²) in [5.74, 6) is -0.927. The summed E-state index contributed by atoms with van der Waals surface area (Å²) < 4.78 is 5.10. The van der Waals surface area contributed by atoms with Gasteiger partial charge < -0.3 is 14.9 Å². The molecule has 0 aromatic carbocycles. The van der Waals surface area contributed by atoms with Crippen molar-refractivity contribution >= 4 is 5.97 Å². The lowest BCUT2D eigenvalue weighted by molar-refractivity contribution is -0.177. The number of carboxylic acid groups (broad SMARTS) is 1. The van der Waals surface area contributed by atoms with E-state index in [1.165, 1.54) is 0 Å². The van der Waals surface area contributed by atoms with Crippen molar-refractivity contribution in [1.29, 1.82) is 0 Å². The number of carbonyl (C=O) groups is 1. The van der Waals surface area contributed by atoms with E-state index in [2.05, 4.69) is 0 Å². The number of aliphatic carboxylic acids is 1. The largest absolute Gasteiger partial charge is 0.481 e. The number of aliphatic hydroxyl groups is 1. The van der Waals surface area contributed by atoms with Crippen molar-refractivity contribution in [2.75, 3.05) is 13.2 Å². The third-order valence-electron chi connectivity index (χ3n) is 2.93. The zero-order chi connectivity index (χ0) is 10.1. The van der Waals surface area contributed by atoms with Crippen LogP contribution in [0.15, 0.2) is 0 Å². The van der Waals surface area contributed by atoms with Crippen LogP contribution in [0.25, 0.3) is 0 Å². The molecule has 4 nitrogen and oxygen atoms in total. The molecule has 0 atom stereocenters. The van der Waals surface area contributed by atoms with Gasteiger partial charge >= 0.3 is 5.97 Å². The molecule has 0 spiro atoms. The predicted octanol–water partition coefficient (Wildman–Crippen LogP) is 0.639. The standard InChI is InChI=1S/C9H16O4/c1-8(2,12)9(7(10)11)3-5-13-6-4-9/h12H,3-6H2,1-2H3,(H,10,11). The van der Waals surface area contributed by atoms with Crippen LogP contribution >= 0.6 is 0 Å². The van der Waals surface area contributed by atoms with Crippen LogP contribution in [0.4, 0.5) is 0 Å². The Hall–Kier alpha value is -0.610. The minimum Gasteiger partial charge on any atom is -0.481 e. The zero-order valence-electron chi connectivity index (χ0n) is 8.04. The van der Waals surface area contributed by atoms with Crippen LogP contribution in [0.2, 0.25) is 0 Å². The quantitative estimate of drug-likeness (QED) is 0.667. The van der Waals surface area contributed by atoms with Gasteiger partial charge in [0.25, 0.3) is 0 Å². The molecule has 1 saturated heterocycles. The maximum Gasteiger partial charge on any atom is 0.312 e. The van der Waals surface area contributed by atoms with E-state index in [9.17, 15) is 9.90 Å². The maximum atomic E-state index is 11.1. The van der Waals surface area contributed by atoms with Crippen LogP contribution in [0, 0.1) is 5.41 Å². The SMILES string of the molecule is CC(C)(O)C1(C(=O)O)CCOCC1. The highest BCUT2D eigenvalue weighted by Crippen LogP contribution is 2.40. The molecule has 0 amide bonds. The Labute approximate surface area is 77.5 Å². The Bertz CT molecular complexity index is 198. The third-order valence-corrected chi connectivity index (χ3v) is 2.93. The first-order chi connectivity index (χ1) is 5.90. The summed E-state index contributed by atoms with van der Waals surface area (Å²) in [5, 5.41) is 18.9. The lowest BCUT2D eigenvalue weighted by atomic mass is 9.68. The summed E-state index contributed by atoms with van der Waals surface area (Å²) >= 11 is 0. The molecule has 0 bridgehead atoms. The minimum absolute atomic E-state index is 0.381. The van der Waals surface area contributed by atoms with Crippen LogP contribution < -0.4 is 0 Å². The lowest BCUT2D eigenvalue weighted by Gasteiger charge is -2.42. The second-order valence-corrected chi connectivity index (χ2v) is 4.06. The van der Waals surface area contributed by atoms with E-state index >= 15 is 0 Å². The summed E-state index contributed by atoms with van der Waals surface area (Å²) in [7, 11) is 0. The Balaban J connectivity index is 2.93. The van der Waals surface area contributed by atoms with Gasteiger partial charge in [-0.05, 0) is 26.7 Å². The van der Waals surface area contributed by atoms with E-state index in [-0.39, 0.29) is 0 Å². The van der Waals surface area contributed by atoms with Crippen LogP contribution in [-0.2, 0) is 9.53 Å². The number of ether oxygens (including phenoxy) is 1. The van der Waals surface area contributed by atoms with E-state index < -0.39 is 17.0 Å². The van der Waals surface area contributed by atoms with E-state index in [0.717, 1.165) is 0 Å². The van der Waals surface area contributed by atoms with Crippen molar-refractivity contribution in [3.8, 4) is 0 Å². The highest BCUT2D eigenvalue weighted by molar-refractivity contribution is 5.76. The molecule has 0 aliphatic carbocycles. The van der Waals surface area contributed by atoms with Crippen LogP contribution in [-0.4, -0.2) is 35.0 Å². The first-order valence-electron chi connectivity index (χ1n) is 4.44. The van der Waals surface area contributed by atoms with Crippen LogP contribution in [0.1, 0.15) is 26.7 Å². The second kappa shape index (κ2) is 3.27. The fourth-order valence-electron chi connectivity index (χ4n) is 1.81. The molecule has 1 aliphatic rings. The van der Waals surface area contributed by atoms with Crippen molar-refractivity contribution in [2.24, 2.45) is 5.41 Å². The first-order valence-corrected chi connectivity index (χ1v) is 4.44. The summed E-state index contributed by atoms with van der Waals surface area (Å²) in [5.41, 5.74) is -2.23. The average molecular weight is 188 g/mol. The Morgan fingerprint density at radius 3 is 2.08 bits per heavy atom. The molecular weight excluding hydrogens is 172 g/mol. The molecular formula is C9H16O4. The normalized spacial score (nSPS) is 22.7. The molecule has 1 fully saturated rings. The molecule has 4 heteroatoms. The van der Waals surface area contributed by atoms with Gasteiger partial charge in [0.05, 0.1) is 5.60 Å². The molecule has 0 aromatic heterocycles. The van der Waals surface area contributed by atoms with Gasteiger partial charge in [-0.3, -0.25) is 4.79 Å². The van der Waals surface area contributed by atoms with E-state index in [1.807, 2.05) is 0 Å². The fourth-order valence-corrected chi connectivity index (χ4v) is 1.81. The second-order valence-electron chi connectivity index (χ2n) is 4.06. The molecule has 2 N–H and O–H groups in total. The molecule has 0 unspecified atom stereocenters. The van der Waals surface area contributed by atoms with Gasteiger partial charge in [0.15, 0.2) is 0 Å². The van der Waals surface area contributed by atoms with Crippen LogP contribution in [0.3, 0.4) is 0 Å². The van der Waals surface area contributed by atoms with Crippen molar-refractivity contribution in [2.45, 2.75) is 32.3 Å². The molecule has 1 rings (SSSR count). The van der Waals surface area contributed by atoms with Gasteiger partial charge in [0, 0.05) is 13.2 Å². The molecule has 0 aromatic rings. The Morgan fingerprint density at radius 1 is 1.38 bits per heavy atom. The number of carboxylic acids is 1. The predicted molar refractivity (Wildman–Crippen MR) is 46.4 cm³/mol. The first kappa shape index (κ1) is 10.5. The third kappa shape index (κ3) is 1.69. The molecule has 1 aliphatic heterocycles. The highest BCUT2D eigenvalue weighted by atomic mass is 16.5. The molecule has 1 heterocycles. The van der Waals surface area contributed by atoms with Gasteiger partial charge in [0.2, 0.25) is 0 Å². The highest BCUT2D eigenvalue weighted by Gasteiger charge is 2.51. The molecule has 0 saturated carbocycles. The average Bonchev–Trinajstić information content (AvgIpc) is 2.03.